The fourth-order valence-corrected chi connectivity index (χ4v) is 13.0. The second-order valence-electron chi connectivity index (χ2n) is 27.5. The van der Waals surface area contributed by atoms with Crippen LogP contribution in [0.25, 0.3) is 0 Å². The number of fused-ring (bicyclic) bond motifs is 1. The molecular weight excluding hydrogens is 1290 g/mol. The highest BCUT2D eigenvalue weighted by atomic mass is 35.5. The Morgan fingerprint density at radius 2 is 1.23 bits per heavy atom. The fourth-order valence-electron chi connectivity index (χ4n) is 12.7. The molecule has 0 aliphatic carbocycles. The minimum atomic E-state index is -4.75. The van der Waals surface area contributed by atoms with Gasteiger partial charge in [-0.25, -0.2) is 0 Å². The highest BCUT2D eigenvalue weighted by molar-refractivity contribution is 6.31. The molecule has 8 atom stereocenters. The minimum Gasteiger partial charge on any atom is -0.354 e. The summed E-state index contributed by atoms with van der Waals surface area (Å²) in [6.07, 6.45) is -1.61. The number of aryl methyl sites for hydroxylation is 2. The zero-order valence-corrected chi connectivity index (χ0v) is 60.4. The Balaban J connectivity index is 1.52. The smallest absolute Gasteiger partial charge is 0.354 e. The predicted molar refractivity (Wildman–Crippen MR) is 363 cm³/mol. The number of benzene rings is 2. The van der Waals surface area contributed by atoms with Gasteiger partial charge in [0.2, 0.25) is 70.9 Å². The first-order valence-corrected chi connectivity index (χ1v) is 34.5. The summed E-state index contributed by atoms with van der Waals surface area (Å²) in [4.78, 5) is 185. The van der Waals surface area contributed by atoms with Crippen molar-refractivity contribution >= 4 is 82.5 Å². The van der Waals surface area contributed by atoms with Crippen molar-refractivity contribution in [3.63, 3.8) is 0 Å². The van der Waals surface area contributed by atoms with Crippen molar-refractivity contribution in [2.45, 2.75) is 187 Å². The predicted octanol–water partition coefficient (Wildman–Crippen LogP) is 4.94. The summed E-state index contributed by atoms with van der Waals surface area (Å²) in [5, 5.41) is 7.87. The Hall–Kier alpha value is -7.84. The third-order valence-corrected chi connectivity index (χ3v) is 19.4. The van der Waals surface area contributed by atoms with E-state index < -0.39 is 168 Å². The van der Waals surface area contributed by atoms with Gasteiger partial charge in [0.15, 0.2) is 0 Å². The molecule has 0 aromatic heterocycles. The van der Waals surface area contributed by atoms with Crippen molar-refractivity contribution in [2.24, 2.45) is 17.8 Å². The number of carbonyl (C=O) groups is 12. The number of amides is 12. The maximum atomic E-state index is 14.9. The molecule has 3 fully saturated rings. The number of rotatable bonds is 11. The number of likely N-dealkylation sites (N-methyl/N-ethyl adjacent to an activating group) is 7. The summed E-state index contributed by atoms with van der Waals surface area (Å²) in [5.74, 6) is -8.70. The van der Waals surface area contributed by atoms with Crippen LogP contribution in [-0.4, -0.2) is 252 Å². The standard InChI is InChI=1S/C70H104ClF3N12O12/c1-15-46(7)61-68(97)80(10)41-59(90)78(8)42-60(91)82(12)54(38-48-26-24-45(6)25-27-48)66(95)79(9)40-56(87)76-51(31-29-47-28-30-49(50(71)37-47)70(72,73)74)65(94)86-35-21-22-52(86)63(92)75-32-18-17-23-57(88)84(14)62(44(4)5)69(98)83(13)55(67(96)85-33-19-16-20-34-85)39-58(89)81(11)53(36-43(2)3)64(93)77-61/h24-28,30,37,43-44,46,51-55,61-62H,15-23,29,31-36,38-42H2,1-14H3,(H,75,92)(H,76,87)(H,77,93)/t46-,51-,52-,53-,54-,55-,61?,62-/m0/s1. The molecular formula is C70H104ClF3N12O12. The van der Waals surface area contributed by atoms with E-state index in [-0.39, 0.29) is 64.0 Å². The Kier molecular flexibility index (Phi) is 30.4. The topological polar surface area (TPSA) is 270 Å². The van der Waals surface area contributed by atoms with Crippen LogP contribution in [0.3, 0.4) is 0 Å². The van der Waals surface area contributed by atoms with Crippen molar-refractivity contribution in [2.75, 3.05) is 95.1 Å². The van der Waals surface area contributed by atoms with Crippen LogP contribution >= 0.6 is 11.6 Å². The molecule has 0 spiro atoms. The molecule has 12 amide bonds. The van der Waals surface area contributed by atoms with Gasteiger partial charge < -0.3 is 60.0 Å². The molecule has 0 bridgehead atoms. The molecule has 5 rings (SSSR count). The Labute approximate surface area is 580 Å². The maximum absolute atomic E-state index is 14.9. The highest BCUT2D eigenvalue weighted by Gasteiger charge is 2.43. The van der Waals surface area contributed by atoms with E-state index >= 15 is 0 Å². The lowest BCUT2D eigenvalue weighted by atomic mass is 9.95. The van der Waals surface area contributed by atoms with Crippen molar-refractivity contribution in [3.05, 3.63) is 69.7 Å². The van der Waals surface area contributed by atoms with Crippen LogP contribution in [0.15, 0.2) is 42.5 Å². The zero-order chi connectivity index (χ0) is 73.2. The van der Waals surface area contributed by atoms with E-state index in [0.29, 0.717) is 56.3 Å². The van der Waals surface area contributed by atoms with Gasteiger partial charge in [0.25, 0.3) is 0 Å². The number of hydrogen-bond donors (Lipinski definition) is 3. The van der Waals surface area contributed by atoms with Crippen LogP contribution in [0.2, 0.25) is 5.02 Å². The Bertz CT molecular complexity index is 3170. The number of halogens is 4. The van der Waals surface area contributed by atoms with E-state index in [1.807, 2.05) is 39.8 Å². The second-order valence-corrected chi connectivity index (χ2v) is 27.9. The minimum absolute atomic E-state index is 0.0480. The van der Waals surface area contributed by atoms with Gasteiger partial charge in [0.05, 0.1) is 36.6 Å². The zero-order valence-electron chi connectivity index (χ0n) is 59.6. The van der Waals surface area contributed by atoms with Crippen LogP contribution in [0.5, 0.6) is 0 Å². The molecule has 2 aromatic carbocycles. The van der Waals surface area contributed by atoms with Crippen molar-refractivity contribution < 1.29 is 70.7 Å². The average molecular weight is 1400 g/mol. The van der Waals surface area contributed by atoms with Crippen LogP contribution in [0.4, 0.5) is 13.2 Å². The third kappa shape index (κ3) is 22.1. The molecule has 3 N–H and O–H groups in total. The SMILES string of the molecule is CC[C@H](C)C1NC(=O)[C@H](CC(C)C)N(C)C(=O)C[C@@H](C(=O)N2CCCCC2)N(C)C(=O)[C@H](C(C)C)N(C)C(=O)CCCCNC(=O)[C@@H]2CCCN2C(=O)[C@H](CCc2ccc(C(F)(F)F)c(Cl)c2)NC(=O)CN(C)C(=O)[C@H](Cc2ccc(C)cc2)N(C)C(=O)CN(C)C(=O)CN(C)C1=O. The second kappa shape index (κ2) is 36.8. The van der Waals surface area contributed by atoms with E-state index in [9.17, 15) is 70.7 Å². The van der Waals surface area contributed by atoms with Gasteiger partial charge in [0.1, 0.15) is 42.3 Å². The first-order chi connectivity index (χ1) is 46.0. The first kappa shape index (κ1) is 80.8. The number of likely N-dealkylation sites (tertiary alicyclic amines) is 1. The van der Waals surface area contributed by atoms with Crippen LogP contribution < -0.4 is 16.0 Å². The largest absolute Gasteiger partial charge is 0.417 e. The lowest BCUT2D eigenvalue weighted by Gasteiger charge is -2.39. The van der Waals surface area contributed by atoms with Gasteiger partial charge in [-0.1, -0.05) is 95.5 Å². The number of nitrogens with one attached hydrogen (secondary N) is 3. The Morgan fingerprint density at radius 3 is 1.84 bits per heavy atom. The molecule has 544 valence electrons. The van der Waals surface area contributed by atoms with Crippen molar-refractivity contribution in [3.8, 4) is 0 Å². The fraction of sp³-hybridized carbons (Fsp3) is 0.657. The van der Waals surface area contributed by atoms with E-state index in [2.05, 4.69) is 16.0 Å². The van der Waals surface area contributed by atoms with E-state index in [4.69, 9.17) is 11.6 Å². The molecule has 0 radical (unpaired) electrons. The van der Waals surface area contributed by atoms with E-state index in [1.54, 1.807) is 37.8 Å². The molecule has 3 saturated heterocycles. The van der Waals surface area contributed by atoms with Gasteiger partial charge in [-0.2, -0.15) is 13.2 Å². The number of piperidine rings is 1. The molecule has 98 heavy (non-hydrogen) atoms. The molecule has 3 aliphatic heterocycles. The molecule has 0 saturated carbocycles. The van der Waals surface area contributed by atoms with Crippen molar-refractivity contribution in [1.82, 2.24) is 60.0 Å². The van der Waals surface area contributed by atoms with Crippen LogP contribution in [0.1, 0.15) is 141 Å². The summed E-state index contributed by atoms with van der Waals surface area (Å²) in [7, 11) is 9.76. The molecule has 2 aromatic rings. The number of nitrogens with zero attached hydrogens (tertiary/aromatic N) is 9. The highest BCUT2D eigenvalue weighted by Crippen LogP contribution is 2.35. The number of alkyl halides is 3. The summed E-state index contributed by atoms with van der Waals surface area (Å²) in [5.41, 5.74) is 0.794. The summed E-state index contributed by atoms with van der Waals surface area (Å²) < 4.78 is 41.2. The monoisotopic (exact) mass is 1400 g/mol. The van der Waals surface area contributed by atoms with Gasteiger partial charge in [-0.15, -0.1) is 0 Å². The maximum Gasteiger partial charge on any atom is 0.417 e. The summed E-state index contributed by atoms with van der Waals surface area (Å²) in [6, 6.07) is 1.84. The van der Waals surface area contributed by atoms with Crippen LogP contribution in [-0.2, 0) is 76.6 Å². The molecule has 28 heteroatoms. The normalized spacial score (nSPS) is 24.1. The van der Waals surface area contributed by atoms with Crippen molar-refractivity contribution in [1.29, 1.82) is 0 Å². The van der Waals surface area contributed by atoms with Gasteiger partial charge >= 0.3 is 6.18 Å². The quantitative estimate of drug-likeness (QED) is 0.270. The molecule has 24 nitrogen and oxygen atoms in total. The van der Waals surface area contributed by atoms with Gasteiger partial charge in [-0.3, -0.25) is 57.5 Å². The van der Waals surface area contributed by atoms with E-state index in [0.717, 1.165) is 43.7 Å². The Morgan fingerprint density at radius 1 is 0.622 bits per heavy atom. The van der Waals surface area contributed by atoms with E-state index in [1.165, 1.54) is 75.0 Å². The first-order valence-electron chi connectivity index (χ1n) is 34.1. The van der Waals surface area contributed by atoms with Gasteiger partial charge in [-0.05, 0) is 112 Å². The third-order valence-electron chi connectivity index (χ3n) is 19.1. The molecule has 3 aliphatic rings. The lowest BCUT2D eigenvalue weighted by molar-refractivity contribution is -0.154. The van der Waals surface area contributed by atoms with Gasteiger partial charge in [0, 0.05) is 88.4 Å². The summed E-state index contributed by atoms with van der Waals surface area (Å²) >= 11 is 6.09. The molecule has 3 heterocycles. The average Bonchev–Trinajstić information content (AvgIpc) is 1.15. The number of carbonyl (C=O) groups excluding carboxylic acids is 12. The van der Waals surface area contributed by atoms with Crippen LogP contribution in [0, 0.1) is 24.7 Å². The lowest BCUT2D eigenvalue weighted by Crippen LogP contribution is -2.59. The summed E-state index contributed by atoms with van der Waals surface area (Å²) in [6.45, 7) is 11.8. The molecule has 1 unspecified atom stereocenters. The number of hydrogen-bond acceptors (Lipinski definition) is 12.